The predicted molar refractivity (Wildman–Crippen MR) is 129 cm³/mol. The van der Waals surface area contributed by atoms with Crippen LogP contribution in [-0.2, 0) is 0 Å². The molecule has 0 saturated carbocycles. The number of rotatable bonds is 5. The Morgan fingerprint density at radius 1 is 1.09 bits per heavy atom. The number of benzene rings is 2. The van der Waals surface area contributed by atoms with E-state index in [1.54, 1.807) is 19.2 Å². The molecule has 0 radical (unpaired) electrons. The van der Waals surface area contributed by atoms with E-state index in [1.807, 2.05) is 72.4 Å². The van der Waals surface area contributed by atoms with Crippen LogP contribution in [0.3, 0.4) is 0 Å². The summed E-state index contributed by atoms with van der Waals surface area (Å²) in [7, 11) is 1.59. The summed E-state index contributed by atoms with van der Waals surface area (Å²) in [6.07, 6.45) is 5.27. The summed E-state index contributed by atoms with van der Waals surface area (Å²) in [6, 6.07) is 20.7. The third-order valence-corrected chi connectivity index (χ3v) is 5.59. The van der Waals surface area contributed by atoms with E-state index in [-0.39, 0.29) is 17.3 Å². The third-order valence-electron chi connectivity index (χ3n) is 5.59. The van der Waals surface area contributed by atoms with Gasteiger partial charge < -0.3 is 14.6 Å². The molecule has 2 aromatic carbocycles. The van der Waals surface area contributed by atoms with Gasteiger partial charge in [-0.05, 0) is 61.0 Å². The molecular weight excluding hydrogens is 428 g/mol. The van der Waals surface area contributed by atoms with Crippen LogP contribution in [0.25, 0.3) is 22.4 Å². The number of hydrogen-bond acceptors (Lipinski definition) is 5. The molecule has 0 aliphatic heterocycles. The maximum absolute atomic E-state index is 13.0. The number of methoxy groups -OCH3 is 1. The number of fused-ring (bicyclic) bond motifs is 1. The Kier molecular flexibility index (Phi) is 5.28. The number of para-hydroxylation sites is 1. The number of anilines is 1. The Labute approximate surface area is 195 Å². The summed E-state index contributed by atoms with van der Waals surface area (Å²) in [5.41, 5.74) is 3.26. The number of aryl methyl sites for hydroxylation is 1. The van der Waals surface area contributed by atoms with Crippen molar-refractivity contribution in [1.82, 2.24) is 19.3 Å². The van der Waals surface area contributed by atoms with Crippen molar-refractivity contribution in [3.05, 3.63) is 95.9 Å². The highest BCUT2D eigenvalue weighted by molar-refractivity contribution is 6.04. The minimum atomic E-state index is -0.354. The number of carbonyl (C=O) groups excluding carboxylic acids is 1. The van der Waals surface area contributed by atoms with Gasteiger partial charge in [-0.2, -0.15) is 15.0 Å². The summed E-state index contributed by atoms with van der Waals surface area (Å²) in [5.74, 6) is 0.994. The van der Waals surface area contributed by atoms with Crippen molar-refractivity contribution >= 4 is 22.6 Å². The molecule has 166 valence electrons. The Bertz CT molecular complexity index is 1540. The molecule has 0 spiro atoms. The molecule has 0 atom stereocenters. The number of amides is 1. The maximum atomic E-state index is 13.0. The molecule has 0 unspecified atom stereocenters. The number of hydrogen-bond donors (Lipinski definition) is 1. The predicted octanol–water partition coefficient (Wildman–Crippen LogP) is 4.65. The SMILES string of the molecule is COc1cccc2c(C)cc(-n3ncc(C#N)c3NC(=O)c3ccc(-n4cccc4)cc3)nc12. The van der Waals surface area contributed by atoms with Gasteiger partial charge in [-0.25, -0.2) is 4.98 Å². The molecule has 1 amide bonds. The van der Waals surface area contributed by atoms with E-state index in [9.17, 15) is 10.1 Å². The van der Waals surface area contributed by atoms with Gasteiger partial charge in [0.15, 0.2) is 11.6 Å². The fraction of sp³-hybridized carbons (Fsp3) is 0.0769. The number of pyridine rings is 1. The Hall–Kier alpha value is -4.90. The number of ether oxygens (including phenoxy) is 1. The van der Waals surface area contributed by atoms with E-state index >= 15 is 0 Å². The quantitative estimate of drug-likeness (QED) is 0.422. The molecule has 0 saturated heterocycles. The third kappa shape index (κ3) is 3.65. The fourth-order valence-electron chi connectivity index (χ4n) is 3.84. The number of nitrogens with zero attached hydrogens (tertiary/aromatic N) is 5. The summed E-state index contributed by atoms with van der Waals surface area (Å²) < 4.78 is 8.89. The first-order chi connectivity index (χ1) is 16.6. The molecule has 8 heteroatoms. The van der Waals surface area contributed by atoms with Crippen LogP contribution in [0.2, 0.25) is 0 Å². The van der Waals surface area contributed by atoms with Crippen LogP contribution >= 0.6 is 0 Å². The fourth-order valence-corrected chi connectivity index (χ4v) is 3.84. The first kappa shape index (κ1) is 21.0. The monoisotopic (exact) mass is 448 g/mol. The zero-order valence-corrected chi connectivity index (χ0v) is 18.6. The van der Waals surface area contributed by atoms with Gasteiger partial charge in [0.2, 0.25) is 0 Å². The van der Waals surface area contributed by atoms with E-state index in [0.717, 1.165) is 16.6 Å². The van der Waals surface area contributed by atoms with Gasteiger partial charge >= 0.3 is 0 Å². The summed E-state index contributed by atoms with van der Waals surface area (Å²) >= 11 is 0. The molecular formula is C26H20N6O2. The molecule has 5 rings (SSSR count). The van der Waals surface area contributed by atoms with Crippen LogP contribution in [0.5, 0.6) is 5.75 Å². The topological polar surface area (TPSA) is 97.8 Å². The van der Waals surface area contributed by atoms with Gasteiger partial charge in [-0.1, -0.05) is 12.1 Å². The number of aromatic nitrogens is 4. The van der Waals surface area contributed by atoms with Crippen LogP contribution in [0.15, 0.2) is 79.3 Å². The summed E-state index contributed by atoms with van der Waals surface area (Å²) in [6.45, 7) is 1.96. The van der Waals surface area contributed by atoms with Gasteiger partial charge in [0.25, 0.3) is 5.91 Å². The van der Waals surface area contributed by atoms with Crippen LogP contribution in [0, 0.1) is 18.3 Å². The van der Waals surface area contributed by atoms with Crippen molar-refractivity contribution in [2.24, 2.45) is 0 Å². The van der Waals surface area contributed by atoms with Gasteiger partial charge in [-0.15, -0.1) is 0 Å². The number of nitriles is 1. The van der Waals surface area contributed by atoms with E-state index in [2.05, 4.69) is 16.5 Å². The first-order valence-electron chi connectivity index (χ1n) is 10.6. The lowest BCUT2D eigenvalue weighted by Crippen LogP contribution is -2.16. The number of carbonyl (C=O) groups is 1. The molecule has 3 heterocycles. The van der Waals surface area contributed by atoms with Gasteiger partial charge in [0.1, 0.15) is 22.9 Å². The highest BCUT2D eigenvalue weighted by Gasteiger charge is 2.18. The van der Waals surface area contributed by atoms with Gasteiger partial charge in [0, 0.05) is 29.0 Å². The molecule has 34 heavy (non-hydrogen) atoms. The van der Waals surface area contributed by atoms with Crippen molar-refractivity contribution < 1.29 is 9.53 Å². The Balaban J connectivity index is 1.51. The van der Waals surface area contributed by atoms with Gasteiger partial charge in [0.05, 0.1) is 13.3 Å². The average molecular weight is 448 g/mol. The lowest BCUT2D eigenvalue weighted by atomic mass is 10.1. The molecule has 8 nitrogen and oxygen atoms in total. The zero-order chi connectivity index (χ0) is 23.7. The largest absolute Gasteiger partial charge is 0.494 e. The lowest BCUT2D eigenvalue weighted by Gasteiger charge is -2.13. The van der Waals surface area contributed by atoms with E-state index in [0.29, 0.717) is 22.6 Å². The second-order valence-electron chi connectivity index (χ2n) is 7.68. The molecule has 0 aliphatic carbocycles. The van der Waals surface area contributed by atoms with Gasteiger partial charge in [-0.3, -0.25) is 4.79 Å². The lowest BCUT2D eigenvalue weighted by molar-refractivity contribution is 0.102. The summed E-state index contributed by atoms with van der Waals surface area (Å²) in [4.78, 5) is 17.7. The average Bonchev–Trinajstić information content (AvgIpc) is 3.54. The first-order valence-corrected chi connectivity index (χ1v) is 10.6. The van der Waals surface area contributed by atoms with E-state index < -0.39 is 0 Å². The molecule has 3 aromatic heterocycles. The van der Waals surface area contributed by atoms with Crippen molar-refractivity contribution in [3.63, 3.8) is 0 Å². The molecule has 5 aromatic rings. The van der Waals surface area contributed by atoms with Crippen LogP contribution < -0.4 is 10.1 Å². The molecule has 0 aliphatic rings. The van der Waals surface area contributed by atoms with Crippen molar-refractivity contribution in [2.45, 2.75) is 6.92 Å². The molecule has 1 N–H and O–H groups in total. The van der Waals surface area contributed by atoms with E-state index in [1.165, 1.54) is 10.9 Å². The number of nitrogens with one attached hydrogen (secondary N) is 1. The van der Waals surface area contributed by atoms with Crippen LogP contribution in [-0.4, -0.2) is 32.3 Å². The second kappa shape index (κ2) is 8.56. The highest BCUT2D eigenvalue weighted by atomic mass is 16.5. The maximum Gasteiger partial charge on any atom is 0.256 e. The second-order valence-corrected chi connectivity index (χ2v) is 7.68. The Morgan fingerprint density at radius 2 is 1.85 bits per heavy atom. The van der Waals surface area contributed by atoms with E-state index in [4.69, 9.17) is 9.72 Å². The highest BCUT2D eigenvalue weighted by Crippen LogP contribution is 2.29. The van der Waals surface area contributed by atoms with Crippen LogP contribution in [0.4, 0.5) is 5.82 Å². The summed E-state index contributed by atoms with van der Waals surface area (Å²) in [5, 5.41) is 17.7. The van der Waals surface area contributed by atoms with Crippen LogP contribution in [0.1, 0.15) is 21.5 Å². The zero-order valence-electron chi connectivity index (χ0n) is 18.6. The standard InChI is InChI=1S/C26H20N6O2/c1-17-14-23(29-24-21(17)6-5-7-22(24)34-2)32-25(19(15-27)16-28-32)30-26(33)18-8-10-20(11-9-18)31-12-3-4-13-31/h3-14,16H,1-2H3,(H,30,33). The van der Waals surface area contributed by atoms with Crippen molar-refractivity contribution in [1.29, 1.82) is 5.26 Å². The minimum Gasteiger partial charge on any atom is -0.494 e. The normalized spacial score (nSPS) is 10.7. The molecule has 0 bridgehead atoms. The minimum absolute atomic E-state index is 0.233. The van der Waals surface area contributed by atoms with Crippen molar-refractivity contribution in [3.8, 4) is 23.3 Å². The van der Waals surface area contributed by atoms with Crippen molar-refractivity contribution in [2.75, 3.05) is 12.4 Å². The smallest absolute Gasteiger partial charge is 0.256 e. The molecule has 0 fully saturated rings. The Morgan fingerprint density at radius 3 is 2.56 bits per heavy atom.